The zero-order valence-corrected chi connectivity index (χ0v) is 21.4. The number of amides is 1. The first kappa shape index (κ1) is 25.9. The number of anilines is 2. The number of hydrogen-bond acceptors (Lipinski definition) is 9. The van der Waals surface area contributed by atoms with Gasteiger partial charge in [-0.25, -0.2) is 15.0 Å². The van der Waals surface area contributed by atoms with Crippen LogP contribution in [-0.4, -0.2) is 61.6 Å². The molecule has 1 fully saturated rings. The van der Waals surface area contributed by atoms with Crippen LogP contribution in [0.5, 0.6) is 11.5 Å². The molecule has 0 spiro atoms. The predicted octanol–water partition coefficient (Wildman–Crippen LogP) is 2.96. The fourth-order valence-electron chi connectivity index (χ4n) is 4.65. The maximum atomic E-state index is 13.0. The van der Waals surface area contributed by atoms with Gasteiger partial charge in [-0.05, 0) is 49.2 Å². The average molecular weight is 526 g/mol. The number of H-pyrrole nitrogens is 1. The van der Waals surface area contributed by atoms with E-state index in [0.717, 1.165) is 24.3 Å². The number of para-hydroxylation sites is 1. The number of piperidine rings is 1. The van der Waals surface area contributed by atoms with Gasteiger partial charge in [0.2, 0.25) is 5.91 Å². The van der Waals surface area contributed by atoms with Crippen molar-refractivity contribution in [3.63, 3.8) is 0 Å². The summed E-state index contributed by atoms with van der Waals surface area (Å²) in [4.78, 5) is 30.4. The number of carbonyl (C=O) groups excluding carboxylic acids is 1. The summed E-state index contributed by atoms with van der Waals surface area (Å²) in [5.74, 6) is 1.93. The molecule has 1 aliphatic heterocycles. The van der Waals surface area contributed by atoms with Crippen molar-refractivity contribution < 1.29 is 9.53 Å². The van der Waals surface area contributed by atoms with Crippen molar-refractivity contribution in [1.29, 1.82) is 5.41 Å². The molecule has 0 unspecified atom stereocenters. The minimum Gasteiger partial charge on any atom is -0.457 e. The van der Waals surface area contributed by atoms with Gasteiger partial charge in [-0.1, -0.05) is 18.2 Å². The molecule has 4 aromatic rings. The summed E-state index contributed by atoms with van der Waals surface area (Å²) < 4.78 is 5.86. The van der Waals surface area contributed by atoms with Gasteiger partial charge in [0, 0.05) is 37.3 Å². The molecule has 2 aromatic heterocycles. The van der Waals surface area contributed by atoms with E-state index >= 15 is 0 Å². The number of imidazole rings is 1. The third kappa shape index (κ3) is 6.21. The van der Waals surface area contributed by atoms with Crippen LogP contribution in [0.3, 0.4) is 0 Å². The summed E-state index contributed by atoms with van der Waals surface area (Å²) >= 11 is 0. The maximum absolute atomic E-state index is 13.0. The van der Waals surface area contributed by atoms with Gasteiger partial charge in [0.05, 0.1) is 29.3 Å². The van der Waals surface area contributed by atoms with Gasteiger partial charge in [-0.15, -0.1) is 0 Å². The Morgan fingerprint density at radius 2 is 1.90 bits per heavy atom. The lowest BCUT2D eigenvalue weighted by atomic mass is 10.0. The number of aromatic nitrogens is 4. The van der Waals surface area contributed by atoms with Crippen LogP contribution in [0.4, 0.5) is 11.6 Å². The molecule has 200 valence electrons. The number of aromatic amines is 1. The number of carbonyl (C=O) groups is 1. The normalized spacial score (nSPS) is 15.9. The second-order valence-corrected chi connectivity index (χ2v) is 9.44. The molecule has 39 heavy (non-hydrogen) atoms. The number of nitrogens with two attached hydrogens (primary N) is 2. The minimum atomic E-state index is -0.667. The Balaban J connectivity index is 1.27. The van der Waals surface area contributed by atoms with Crippen molar-refractivity contribution in [1.82, 2.24) is 24.8 Å². The fourth-order valence-corrected chi connectivity index (χ4v) is 4.65. The third-order valence-corrected chi connectivity index (χ3v) is 6.62. The van der Waals surface area contributed by atoms with E-state index < -0.39 is 6.04 Å². The number of benzene rings is 2. The number of likely N-dealkylation sites (tertiary alicyclic amines) is 1. The summed E-state index contributed by atoms with van der Waals surface area (Å²) in [7, 11) is 0. The third-order valence-electron chi connectivity index (χ3n) is 6.62. The van der Waals surface area contributed by atoms with Crippen LogP contribution < -0.4 is 21.5 Å². The molecular weight excluding hydrogens is 494 g/mol. The van der Waals surface area contributed by atoms with Gasteiger partial charge < -0.3 is 31.4 Å². The Kier molecular flexibility index (Phi) is 7.78. The molecule has 7 N–H and O–H groups in total. The van der Waals surface area contributed by atoms with Gasteiger partial charge >= 0.3 is 0 Å². The lowest BCUT2D eigenvalue weighted by molar-refractivity contribution is -0.133. The highest BCUT2D eigenvalue weighted by atomic mass is 16.5. The van der Waals surface area contributed by atoms with Crippen LogP contribution in [0.1, 0.15) is 29.7 Å². The van der Waals surface area contributed by atoms with E-state index in [0.29, 0.717) is 42.2 Å². The SMILES string of the molecule is N=C(c1ccc(Oc2ccccc2)cc1)c1c(N)ncnc1N[C@@H]1CCCN(C(=O)[C@@H](N)Cc2c[nH]cn2)C1. The first-order chi connectivity index (χ1) is 19.0. The first-order valence-corrected chi connectivity index (χ1v) is 12.8. The van der Waals surface area contributed by atoms with Crippen molar-refractivity contribution in [3.05, 3.63) is 90.3 Å². The van der Waals surface area contributed by atoms with Crippen molar-refractivity contribution in [2.75, 3.05) is 24.1 Å². The van der Waals surface area contributed by atoms with Crippen LogP contribution in [-0.2, 0) is 11.2 Å². The number of nitrogens with one attached hydrogen (secondary N) is 3. The van der Waals surface area contributed by atoms with Gasteiger partial charge in [-0.2, -0.15) is 0 Å². The molecule has 0 aliphatic carbocycles. The van der Waals surface area contributed by atoms with Crippen LogP contribution in [0, 0.1) is 5.41 Å². The standard InChI is InChI=1S/C28H31N9O2/c29-23(13-20-14-32-16-33-20)28(38)37-12-4-5-19(15-37)36-27-24(26(31)34-17-35-27)25(30)18-8-10-22(11-9-18)39-21-6-2-1-3-7-21/h1-3,6-11,14,16-17,19,23,30H,4-5,12-13,15,29H2,(H,32,33)(H3,31,34,35,36)/t19-,23+/m1/s1. The van der Waals surface area contributed by atoms with Crippen molar-refractivity contribution >= 4 is 23.3 Å². The molecule has 2 atom stereocenters. The highest BCUT2D eigenvalue weighted by Gasteiger charge is 2.29. The Morgan fingerprint density at radius 1 is 1.13 bits per heavy atom. The molecule has 3 heterocycles. The number of rotatable bonds is 9. The van der Waals surface area contributed by atoms with E-state index in [1.807, 2.05) is 30.3 Å². The van der Waals surface area contributed by atoms with Crippen LogP contribution in [0.25, 0.3) is 0 Å². The summed E-state index contributed by atoms with van der Waals surface area (Å²) in [6.45, 7) is 1.10. The van der Waals surface area contributed by atoms with Gasteiger partial charge in [-0.3, -0.25) is 10.2 Å². The predicted molar refractivity (Wildman–Crippen MR) is 149 cm³/mol. The minimum absolute atomic E-state index is 0.0808. The van der Waals surface area contributed by atoms with Gasteiger partial charge in [0.1, 0.15) is 29.5 Å². The molecule has 0 bridgehead atoms. The van der Waals surface area contributed by atoms with E-state index in [1.54, 1.807) is 41.7 Å². The zero-order valence-electron chi connectivity index (χ0n) is 21.4. The number of hydrogen-bond donors (Lipinski definition) is 5. The second kappa shape index (κ2) is 11.7. The number of ether oxygens (including phenoxy) is 1. The Morgan fingerprint density at radius 3 is 2.64 bits per heavy atom. The van der Waals surface area contributed by atoms with E-state index in [2.05, 4.69) is 25.3 Å². The monoisotopic (exact) mass is 525 g/mol. The van der Waals surface area contributed by atoms with E-state index in [9.17, 15) is 4.79 Å². The molecule has 1 saturated heterocycles. The van der Waals surface area contributed by atoms with Crippen molar-refractivity contribution in [2.45, 2.75) is 31.3 Å². The summed E-state index contributed by atoms with van der Waals surface area (Å²) in [6, 6.07) is 16.0. The number of nitrogens with zero attached hydrogens (tertiary/aromatic N) is 4. The fraction of sp³-hybridized carbons (Fsp3) is 0.250. The Hall–Kier alpha value is -4.77. The summed E-state index contributed by atoms with van der Waals surface area (Å²) in [5, 5.41) is 12.3. The van der Waals surface area contributed by atoms with E-state index in [1.165, 1.54) is 6.33 Å². The zero-order chi connectivity index (χ0) is 27.2. The molecular formula is C28H31N9O2. The molecule has 1 aliphatic rings. The highest BCUT2D eigenvalue weighted by molar-refractivity contribution is 6.16. The van der Waals surface area contributed by atoms with E-state index in [-0.39, 0.29) is 23.5 Å². The molecule has 11 nitrogen and oxygen atoms in total. The topological polar surface area (TPSA) is 172 Å². The van der Waals surface area contributed by atoms with Gasteiger partial charge in [0.25, 0.3) is 0 Å². The van der Waals surface area contributed by atoms with Crippen LogP contribution >= 0.6 is 0 Å². The second-order valence-electron chi connectivity index (χ2n) is 9.44. The molecule has 5 rings (SSSR count). The largest absolute Gasteiger partial charge is 0.457 e. The molecule has 1 amide bonds. The van der Waals surface area contributed by atoms with Gasteiger partial charge in [0.15, 0.2) is 0 Å². The lowest BCUT2D eigenvalue weighted by Crippen LogP contribution is -2.51. The quantitative estimate of drug-likeness (QED) is 0.207. The first-order valence-electron chi connectivity index (χ1n) is 12.8. The smallest absolute Gasteiger partial charge is 0.239 e. The molecule has 2 aromatic carbocycles. The number of nitrogen functional groups attached to an aromatic ring is 1. The van der Waals surface area contributed by atoms with Crippen LogP contribution in [0.15, 0.2) is 73.4 Å². The Labute approximate surface area is 226 Å². The van der Waals surface area contributed by atoms with Crippen molar-refractivity contribution in [3.8, 4) is 11.5 Å². The summed E-state index contributed by atoms with van der Waals surface area (Å²) in [5.41, 5.74) is 14.4. The molecule has 0 saturated carbocycles. The van der Waals surface area contributed by atoms with Crippen molar-refractivity contribution in [2.24, 2.45) is 5.73 Å². The highest BCUT2D eigenvalue weighted by Crippen LogP contribution is 2.26. The average Bonchev–Trinajstić information content (AvgIpc) is 3.47. The van der Waals surface area contributed by atoms with E-state index in [4.69, 9.17) is 21.6 Å². The maximum Gasteiger partial charge on any atom is 0.239 e. The Bertz CT molecular complexity index is 1410. The molecule has 11 heteroatoms. The molecule has 0 radical (unpaired) electrons. The van der Waals surface area contributed by atoms with Crippen LogP contribution in [0.2, 0.25) is 0 Å². The summed E-state index contributed by atoms with van der Waals surface area (Å²) in [6.07, 6.45) is 6.71. The lowest BCUT2D eigenvalue weighted by Gasteiger charge is -2.35.